The number of halogens is 1. The van der Waals surface area contributed by atoms with Gasteiger partial charge in [0.25, 0.3) is 0 Å². The molecule has 0 atom stereocenters. The molecule has 0 saturated carbocycles. The summed E-state index contributed by atoms with van der Waals surface area (Å²) in [5, 5.41) is 3.36. The molecule has 1 aromatic carbocycles. The molecule has 0 saturated heterocycles. The average molecular weight is 320 g/mol. The first-order valence-corrected chi connectivity index (χ1v) is 7.18. The van der Waals surface area contributed by atoms with Crippen molar-refractivity contribution >= 4 is 21.7 Å². The summed E-state index contributed by atoms with van der Waals surface area (Å²) in [7, 11) is 0. The lowest BCUT2D eigenvalue weighted by atomic mass is 10.2. The quantitative estimate of drug-likeness (QED) is 0.913. The molecule has 1 N–H and O–H groups in total. The highest BCUT2D eigenvalue weighted by Crippen LogP contribution is 2.18. The van der Waals surface area contributed by atoms with Crippen LogP contribution >= 0.6 is 15.9 Å². The van der Waals surface area contributed by atoms with Gasteiger partial charge in [0.05, 0.1) is 0 Å². The largest absolute Gasteiger partial charge is 0.366 e. The predicted molar refractivity (Wildman–Crippen MR) is 82.3 cm³/mol. The van der Waals surface area contributed by atoms with Gasteiger partial charge < -0.3 is 5.32 Å². The highest BCUT2D eigenvalue weighted by molar-refractivity contribution is 9.10. The molecule has 0 unspecified atom stereocenters. The second kappa shape index (κ2) is 6.15. The molecule has 0 amide bonds. The maximum atomic E-state index is 4.54. The number of benzene rings is 1. The smallest absolute Gasteiger partial charge is 0.133 e. The number of nitrogens with zero attached hydrogens (tertiary/aromatic N) is 2. The summed E-state index contributed by atoms with van der Waals surface area (Å²) >= 11 is 3.55. The zero-order valence-corrected chi connectivity index (χ0v) is 13.0. The van der Waals surface area contributed by atoms with E-state index in [9.17, 15) is 0 Å². The van der Waals surface area contributed by atoms with Gasteiger partial charge in [0.2, 0.25) is 0 Å². The van der Waals surface area contributed by atoms with Crippen molar-refractivity contribution < 1.29 is 0 Å². The molecule has 100 valence electrons. The molecule has 0 aliphatic carbocycles. The molecule has 1 heterocycles. The zero-order chi connectivity index (χ0) is 13.8. The molecular weight excluding hydrogens is 302 g/mol. The first-order chi connectivity index (χ1) is 9.06. The fraction of sp³-hybridized carbons (Fsp3) is 0.333. The van der Waals surface area contributed by atoms with Crippen LogP contribution in [-0.4, -0.2) is 9.97 Å². The van der Waals surface area contributed by atoms with Crippen LogP contribution in [0.1, 0.15) is 36.8 Å². The van der Waals surface area contributed by atoms with Crippen LogP contribution in [0.15, 0.2) is 34.8 Å². The van der Waals surface area contributed by atoms with Crippen molar-refractivity contribution in [2.75, 3.05) is 5.32 Å². The third-order valence-corrected chi connectivity index (χ3v) is 3.58. The Morgan fingerprint density at radius 1 is 1.21 bits per heavy atom. The number of hydrogen-bond acceptors (Lipinski definition) is 3. The number of aryl methyl sites for hydroxylation is 1. The molecule has 0 fully saturated rings. The van der Waals surface area contributed by atoms with E-state index in [0.29, 0.717) is 5.92 Å². The highest BCUT2D eigenvalue weighted by atomic mass is 79.9. The van der Waals surface area contributed by atoms with Gasteiger partial charge in [0.1, 0.15) is 11.6 Å². The standard InChI is InChI=1S/C15H18BrN3/c1-10(2)15-18-11(3)8-14(19-15)17-9-12-6-4-5-7-13(12)16/h4-8,10H,9H2,1-3H3,(H,17,18,19). The number of hydrogen-bond donors (Lipinski definition) is 1. The predicted octanol–water partition coefficient (Wildman–Crippen LogP) is 4.28. The van der Waals surface area contributed by atoms with E-state index in [1.165, 1.54) is 5.56 Å². The first-order valence-electron chi connectivity index (χ1n) is 6.39. The lowest BCUT2D eigenvalue weighted by molar-refractivity contribution is 0.766. The molecule has 4 heteroatoms. The van der Waals surface area contributed by atoms with Crippen LogP contribution in [0, 0.1) is 6.92 Å². The van der Waals surface area contributed by atoms with E-state index in [1.54, 1.807) is 0 Å². The van der Waals surface area contributed by atoms with Crippen LogP contribution in [0.3, 0.4) is 0 Å². The second-order valence-electron chi connectivity index (χ2n) is 4.85. The summed E-state index contributed by atoms with van der Waals surface area (Å²) in [6, 6.07) is 10.2. The average Bonchev–Trinajstić information content (AvgIpc) is 2.37. The monoisotopic (exact) mass is 319 g/mol. The number of aromatic nitrogens is 2. The fourth-order valence-corrected chi connectivity index (χ4v) is 2.19. The summed E-state index contributed by atoms with van der Waals surface area (Å²) in [5.74, 6) is 2.10. The Labute approximate surface area is 122 Å². The molecule has 0 aliphatic rings. The minimum atomic E-state index is 0.337. The van der Waals surface area contributed by atoms with Crippen LogP contribution in [0.4, 0.5) is 5.82 Å². The molecule has 3 nitrogen and oxygen atoms in total. The number of rotatable bonds is 4. The molecule has 2 rings (SSSR count). The van der Waals surface area contributed by atoms with Gasteiger partial charge in [0.15, 0.2) is 0 Å². The molecular formula is C15H18BrN3. The van der Waals surface area contributed by atoms with Crippen molar-refractivity contribution in [1.29, 1.82) is 0 Å². The van der Waals surface area contributed by atoms with Gasteiger partial charge in [0, 0.05) is 28.7 Å². The van der Waals surface area contributed by atoms with E-state index in [4.69, 9.17) is 0 Å². The lowest BCUT2D eigenvalue weighted by Crippen LogP contribution is -2.06. The van der Waals surface area contributed by atoms with Gasteiger partial charge in [-0.2, -0.15) is 0 Å². The van der Waals surface area contributed by atoms with E-state index in [0.717, 1.165) is 28.4 Å². The molecule has 2 aromatic rings. The van der Waals surface area contributed by atoms with Gasteiger partial charge in [-0.15, -0.1) is 0 Å². The molecule has 0 radical (unpaired) electrons. The zero-order valence-electron chi connectivity index (χ0n) is 11.4. The van der Waals surface area contributed by atoms with Crippen molar-refractivity contribution in [3.8, 4) is 0 Å². The van der Waals surface area contributed by atoms with E-state index in [2.05, 4.69) is 51.1 Å². The van der Waals surface area contributed by atoms with Crippen LogP contribution in [0.2, 0.25) is 0 Å². The maximum absolute atomic E-state index is 4.54. The summed E-state index contributed by atoms with van der Waals surface area (Å²) in [4.78, 5) is 8.99. The highest BCUT2D eigenvalue weighted by Gasteiger charge is 2.06. The number of nitrogens with one attached hydrogen (secondary N) is 1. The molecule has 0 bridgehead atoms. The topological polar surface area (TPSA) is 37.8 Å². The minimum Gasteiger partial charge on any atom is -0.366 e. The van der Waals surface area contributed by atoms with Crippen LogP contribution in [-0.2, 0) is 6.54 Å². The van der Waals surface area contributed by atoms with Crippen molar-refractivity contribution in [3.05, 3.63) is 51.9 Å². The SMILES string of the molecule is Cc1cc(NCc2ccccc2Br)nc(C(C)C)n1. The van der Waals surface area contributed by atoms with Gasteiger partial charge >= 0.3 is 0 Å². The normalized spacial score (nSPS) is 10.8. The Morgan fingerprint density at radius 3 is 2.63 bits per heavy atom. The Balaban J connectivity index is 2.14. The molecule has 19 heavy (non-hydrogen) atoms. The number of anilines is 1. The van der Waals surface area contributed by atoms with E-state index >= 15 is 0 Å². The van der Waals surface area contributed by atoms with Crippen LogP contribution < -0.4 is 5.32 Å². The second-order valence-corrected chi connectivity index (χ2v) is 5.71. The minimum absolute atomic E-state index is 0.337. The van der Waals surface area contributed by atoms with Crippen molar-refractivity contribution in [3.63, 3.8) is 0 Å². The molecule has 0 aliphatic heterocycles. The summed E-state index contributed by atoms with van der Waals surface area (Å²) in [5.41, 5.74) is 2.21. The Bertz CT molecular complexity index is 567. The van der Waals surface area contributed by atoms with E-state index in [1.807, 2.05) is 31.2 Å². The van der Waals surface area contributed by atoms with Gasteiger partial charge in [-0.1, -0.05) is 48.0 Å². The first kappa shape index (κ1) is 14.0. The summed E-state index contributed by atoms with van der Waals surface area (Å²) in [6.07, 6.45) is 0. The van der Waals surface area contributed by atoms with Crippen molar-refractivity contribution in [2.45, 2.75) is 33.2 Å². The van der Waals surface area contributed by atoms with Crippen LogP contribution in [0.5, 0.6) is 0 Å². The Kier molecular flexibility index (Phi) is 4.53. The third kappa shape index (κ3) is 3.77. The van der Waals surface area contributed by atoms with Crippen molar-refractivity contribution in [1.82, 2.24) is 9.97 Å². The van der Waals surface area contributed by atoms with Gasteiger partial charge in [-0.05, 0) is 18.6 Å². The Hall–Kier alpha value is -1.42. The maximum Gasteiger partial charge on any atom is 0.133 e. The molecule has 1 aromatic heterocycles. The fourth-order valence-electron chi connectivity index (χ4n) is 1.77. The summed E-state index contributed by atoms with van der Waals surface area (Å²) in [6.45, 7) is 6.95. The Morgan fingerprint density at radius 2 is 1.95 bits per heavy atom. The summed E-state index contributed by atoms with van der Waals surface area (Å²) < 4.78 is 1.11. The van der Waals surface area contributed by atoms with Gasteiger partial charge in [-0.3, -0.25) is 0 Å². The lowest BCUT2D eigenvalue weighted by Gasteiger charge is -2.11. The van der Waals surface area contributed by atoms with Crippen molar-refractivity contribution in [2.24, 2.45) is 0 Å². The molecule has 0 spiro atoms. The third-order valence-electron chi connectivity index (χ3n) is 2.81. The van der Waals surface area contributed by atoms with E-state index < -0.39 is 0 Å². The van der Waals surface area contributed by atoms with Crippen LogP contribution in [0.25, 0.3) is 0 Å². The van der Waals surface area contributed by atoms with Gasteiger partial charge in [-0.25, -0.2) is 9.97 Å². The van der Waals surface area contributed by atoms with E-state index in [-0.39, 0.29) is 0 Å².